The summed E-state index contributed by atoms with van der Waals surface area (Å²) in [4.78, 5) is 2.14. The number of benzene rings is 1. The van der Waals surface area contributed by atoms with E-state index in [9.17, 15) is 23.4 Å². The van der Waals surface area contributed by atoms with Crippen LogP contribution in [-0.2, 0) is 11.8 Å². The highest BCUT2D eigenvalue weighted by Gasteiger charge is 2.65. The van der Waals surface area contributed by atoms with Gasteiger partial charge in [0, 0.05) is 34.6 Å². The van der Waals surface area contributed by atoms with Gasteiger partial charge < -0.3 is 24.6 Å². The number of likely N-dealkylation sites (tertiary alicyclic amines) is 1. The summed E-state index contributed by atoms with van der Waals surface area (Å²) in [5, 5.41) is 20.8. The molecule has 5 atom stereocenters. The van der Waals surface area contributed by atoms with Gasteiger partial charge in [-0.3, -0.25) is 0 Å². The van der Waals surface area contributed by atoms with Gasteiger partial charge in [0.15, 0.2) is 11.5 Å². The molecule has 0 amide bonds. The van der Waals surface area contributed by atoms with E-state index in [2.05, 4.69) is 9.64 Å². The Morgan fingerprint density at radius 3 is 2.85 bits per heavy atom. The molecule has 2 heterocycles. The summed E-state index contributed by atoms with van der Waals surface area (Å²) in [7, 11) is 1.96. The van der Waals surface area contributed by atoms with E-state index >= 15 is 0 Å². The number of phenols is 1. The van der Waals surface area contributed by atoms with Gasteiger partial charge in [0.25, 0.3) is 0 Å². The van der Waals surface area contributed by atoms with Gasteiger partial charge in [-0.15, -0.1) is 13.2 Å². The lowest BCUT2D eigenvalue weighted by atomic mass is 9.53. The first-order chi connectivity index (χ1) is 12.2. The highest BCUT2D eigenvalue weighted by molar-refractivity contribution is 5.66. The highest BCUT2D eigenvalue weighted by Crippen LogP contribution is 2.64. The van der Waals surface area contributed by atoms with Crippen LogP contribution in [0.5, 0.6) is 17.2 Å². The average Bonchev–Trinajstić information content (AvgIpc) is 2.89. The number of piperidine rings is 1. The van der Waals surface area contributed by atoms with Crippen molar-refractivity contribution in [2.45, 2.75) is 42.9 Å². The summed E-state index contributed by atoms with van der Waals surface area (Å²) in [5.74, 6) is -0.561. The molecule has 2 aliphatic heterocycles. The first-order valence-electron chi connectivity index (χ1n) is 8.61. The molecule has 0 radical (unpaired) electrons. The third-order valence-corrected chi connectivity index (χ3v) is 6.46. The van der Waals surface area contributed by atoms with Crippen LogP contribution in [0, 0.1) is 5.92 Å². The van der Waals surface area contributed by atoms with E-state index in [1.54, 1.807) is 6.08 Å². The summed E-state index contributed by atoms with van der Waals surface area (Å²) in [5.41, 5.74) is 0.365. The minimum atomic E-state index is -4.85. The van der Waals surface area contributed by atoms with Gasteiger partial charge in [0.1, 0.15) is 18.0 Å². The lowest BCUT2D eigenvalue weighted by Crippen LogP contribution is -2.64. The number of aliphatic hydroxyl groups is 1. The molecular formula is C18H18F3NO4. The predicted octanol–water partition coefficient (Wildman–Crippen LogP) is 2.10. The monoisotopic (exact) mass is 369 g/mol. The molecule has 0 unspecified atom stereocenters. The molecule has 2 aliphatic carbocycles. The highest BCUT2D eigenvalue weighted by atomic mass is 19.4. The molecule has 1 spiro atoms. The molecule has 2 N–H and O–H groups in total. The van der Waals surface area contributed by atoms with Crippen LogP contribution in [0.3, 0.4) is 0 Å². The third-order valence-electron chi connectivity index (χ3n) is 6.46. The second kappa shape index (κ2) is 4.86. The zero-order valence-electron chi connectivity index (χ0n) is 14.0. The number of aliphatic hydroxyl groups excluding tert-OH is 1. The van der Waals surface area contributed by atoms with Gasteiger partial charge in [0.2, 0.25) is 0 Å². The minimum Gasteiger partial charge on any atom is -0.504 e. The van der Waals surface area contributed by atoms with Gasteiger partial charge in [-0.05, 0) is 26.4 Å². The summed E-state index contributed by atoms with van der Waals surface area (Å²) in [6.45, 7) is 0.742. The van der Waals surface area contributed by atoms with Crippen molar-refractivity contribution in [2.75, 3.05) is 13.6 Å². The number of ether oxygens (including phenoxy) is 2. The number of alkyl halides is 3. The number of nitrogens with zero attached hydrogens (tertiary/aromatic N) is 1. The SMILES string of the molecule is CN1CC[C@]23c4c5c(OC(F)(F)F)cc(O)c4O[C@H]2[C@@H](O)C=C[C@H]3[C@H]1C5. The summed E-state index contributed by atoms with van der Waals surface area (Å²) in [6.07, 6.45) is -1.69. The van der Waals surface area contributed by atoms with Crippen molar-refractivity contribution in [2.24, 2.45) is 5.92 Å². The van der Waals surface area contributed by atoms with Crippen LogP contribution in [0.25, 0.3) is 0 Å². The van der Waals surface area contributed by atoms with Gasteiger partial charge in [-0.25, -0.2) is 0 Å². The standard InChI is InChI=1S/C18H18F3NO4/c1-22-5-4-17-9-2-3-11(23)16(17)25-15-12(24)7-13(26-18(19,20)21)8(14(15)17)6-10(9)22/h2-3,7,9-11,16,23-24H,4-6H2,1H3/t9-,10+,11-,16-,17-/m0/s1. The second-order valence-electron chi connectivity index (χ2n) is 7.61. The second-order valence-corrected chi connectivity index (χ2v) is 7.61. The summed E-state index contributed by atoms with van der Waals surface area (Å²) in [6, 6.07) is 0.961. The topological polar surface area (TPSA) is 62.2 Å². The number of phenolic OH excluding ortho intramolecular Hbond substituents is 1. The normalized spacial score (nSPS) is 37.3. The Bertz CT molecular complexity index is 824. The molecule has 1 aromatic rings. The van der Waals surface area contributed by atoms with E-state index in [4.69, 9.17) is 4.74 Å². The molecule has 26 heavy (non-hydrogen) atoms. The van der Waals surface area contributed by atoms with Crippen molar-refractivity contribution < 1.29 is 32.9 Å². The van der Waals surface area contributed by atoms with Crippen molar-refractivity contribution in [1.82, 2.24) is 4.90 Å². The third kappa shape index (κ3) is 1.89. The number of hydrogen-bond donors (Lipinski definition) is 2. The average molecular weight is 369 g/mol. The Morgan fingerprint density at radius 2 is 2.12 bits per heavy atom. The van der Waals surface area contributed by atoms with Crippen LogP contribution < -0.4 is 9.47 Å². The largest absolute Gasteiger partial charge is 0.573 e. The zero-order valence-corrected chi connectivity index (χ0v) is 14.0. The summed E-state index contributed by atoms with van der Waals surface area (Å²) < 4.78 is 48.9. The van der Waals surface area contributed by atoms with E-state index < -0.39 is 24.0 Å². The maximum Gasteiger partial charge on any atom is 0.573 e. The Hall–Kier alpha value is -1.93. The Kier molecular flexibility index (Phi) is 3.04. The molecule has 5 rings (SSSR count). The van der Waals surface area contributed by atoms with E-state index in [0.717, 1.165) is 12.6 Å². The molecule has 1 aromatic carbocycles. The first-order valence-corrected chi connectivity index (χ1v) is 8.61. The maximum atomic E-state index is 12.9. The molecule has 5 nitrogen and oxygen atoms in total. The quantitative estimate of drug-likeness (QED) is 0.743. The van der Waals surface area contributed by atoms with Gasteiger partial charge in [0.05, 0.1) is 0 Å². The fourth-order valence-corrected chi connectivity index (χ4v) is 5.51. The predicted molar refractivity (Wildman–Crippen MR) is 84.3 cm³/mol. The lowest BCUT2D eigenvalue weighted by Gasteiger charge is -2.56. The van der Waals surface area contributed by atoms with Crippen molar-refractivity contribution in [1.29, 1.82) is 0 Å². The molecule has 1 saturated heterocycles. The molecule has 0 saturated carbocycles. The lowest BCUT2D eigenvalue weighted by molar-refractivity contribution is -0.275. The maximum absolute atomic E-state index is 12.9. The van der Waals surface area contributed by atoms with Crippen LogP contribution >= 0.6 is 0 Å². The Morgan fingerprint density at radius 1 is 1.35 bits per heavy atom. The molecule has 140 valence electrons. The van der Waals surface area contributed by atoms with Crippen LogP contribution in [0.15, 0.2) is 18.2 Å². The van der Waals surface area contributed by atoms with Gasteiger partial charge in [-0.1, -0.05) is 12.2 Å². The Balaban J connectivity index is 1.78. The van der Waals surface area contributed by atoms with Crippen LogP contribution in [0.4, 0.5) is 13.2 Å². The van der Waals surface area contributed by atoms with Crippen molar-refractivity contribution >= 4 is 0 Å². The van der Waals surface area contributed by atoms with Gasteiger partial charge >= 0.3 is 6.36 Å². The number of aromatic hydroxyl groups is 1. The van der Waals surface area contributed by atoms with Crippen molar-refractivity contribution in [3.63, 3.8) is 0 Å². The van der Waals surface area contributed by atoms with E-state index in [-0.39, 0.29) is 29.2 Å². The smallest absolute Gasteiger partial charge is 0.504 e. The molecule has 1 fully saturated rings. The molecular weight excluding hydrogens is 351 g/mol. The number of likely N-dealkylation sites (N-methyl/N-ethyl adjacent to an activating group) is 1. The van der Waals surface area contributed by atoms with E-state index in [1.807, 2.05) is 13.1 Å². The number of halogens is 3. The van der Waals surface area contributed by atoms with Crippen molar-refractivity contribution in [3.8, 4) is 17.2 Å². The number of hydrogen-bond acceptors (Lipinski definition) is 5. The van der Waals surface area contributed by atoms with Crippen LogP contribution in [-0.4, -0.2) is 53.3 Å². The molecule has 0 aromatic heterocycles. The van der Waals surface area contributed by atoms with Crippen molar-refractivity contribution in [3.05, 3.63) is 29.3 Å². The summed E-state index contributed by atoms with van der Waals surface area (Å²) >= 11 is 0. The first kappa shape index (κ1) is 16.3. The molecule has 4 aliphatic rings. The van der Waals surface area contributed by atoms with Crippen LogP contribution in [0.1, 0.15) is 17.5 Å². The fraction of sp³-hybridized carbons (Fsp3) is 0.556. The molecule has 8 heteroatoms. The van der Waals surface area contributed by atoms with E-state index in [1.165, 1.54) is 0 Å². The molecule has 2 bridgehead atoms. The fourth-order valence-electron chi connectivity index (χ4n) is 5.51. The Labute approximate surface area is 147 Å². The van der Waals surface area contributed by atoms with E-state index in [0.29, 0.717) is 24.0 Å². The van der Waals surface area contributed by atoms with Gasteiger partial charge in [-0.2, -0.15) is 0 Å². The number of rotatable bonds is 1. The van der Waals surface area contributed by atoms with Crippen LogP contribution in [0.2, 0.25) is 0 Å². The minimum absolute atomic E-state index is 0.00365. The zero-order chi connectivity index (χ0) is 18.4.